The monoisotopic (exact) mass is 367 g/mol. The van der Waals surface area contributed by atoms with Gasteiger partial charge in [-0.2, -0.15) is 0 Å². The van der Waals surface area contributed by atoms with E-state index < -0.39 is 0 Å². The van der Waals surface area contributed by atoms with Crippen molar-refractivity contribution < 1.29 is 14.3 Å². The SMILES string of the molecule is O=C(Nc1ccc2c(c1)OCO2)N1CCN(CCCc2ccccc2)CC1. The lowest BCUT2D eigenvalue weighted by Gasteiger charge is -2.34. The van der Waals surface area contributed by atoms with Crippen molar-refractivity contribution >= 4 is 11.7 Å². The van der Waals surface area contributed by atoms with Crippen molar-refractivity contribution in [3.8, 4) is 11.5 Å². The molecule has 2 aromatic carbocycles. The number of anilines is 1. The maximum absolute atomic E-state index is 12.5. The van der Waals surface area contributed by atoms with Gasteiger partial charge in [-0.1, -0.05) is 30.3 Å². The van der Waals surface area contributed by atoms with E-state index in [0.717, 1.165) is 57.0 Å². The summed E-state index contributed by atoms with van der Waals surface area (Å²) in [5, 5.41) is 2.95. The summed E-state index contributed by atoms with van der Waals surface area (Å²) in [6, 6.07) is 16.0. The molecule has 0 saturated carbocycles. The highest BCUT2D eigenvalue weighted by molar-refractivity contribution is 5.89. The standard InChI is InChI=1S/C21H25N3O3/c25-21(22-18-8-9-19-20(15-18)27-16-26-19)24-13-11-23(12-14-24)10-4-7-17-5-2-1-3-6-17/h1-3,5-6,8-9,15H,4,7,10-14,16H2,(H,22,25). The van der Waals surface area contributed by atoms with Crippen molar-refractivity contribution in [3.05, 3.63) is 54.1 Å². The van der Waals surface area contributed by atoms with Gasteiger partial charge in [0.15, 0.2) is 11.5 Å². The summed E-state index contributed by atoms with van der Waals surface area (Å²) in [5.74, 6) is 1.40. The molecule has 0 spiro atoms. The molecular weight excluding hydrogens is 342 g/mol. The van der Waals surface area contributed by atoms with Gasteiger partial charge in [0, 0.05) is 37.9 Å². The lowest BCUT2D eigenvalue weighted by molar-refractivity contribution is 0.146. The molecule has 1 N–H and O–H groups in total. The Kier molecular flexibility index (Phi) is 5.44. The number of fused-ring (bicyclic) bond motifs is 1. The fourth-order valence-electron chi connectivity index (χ4n) is 3.50. The van der Waals surface area contributed by atoms with Crippen LogP contribution in [0.4, 0.5) is 10.5 Å². The van der Waals surface area contributed by atoms with Gasteiger partial charge in [0.05, 0.1) is 0 Å². The predicted octanol–water partition coefficient (Wildman–Crippen LogP) is 3.20. The van der Waals surface area contributed by atoms with E-state index in [2.05, 4.69) is 40.5 Å². The Bertz CT molecular complexity index is 773. The third kappa shape index (κ3) is 4.52. The molecule has 2 aromatic rings. The number of urea groups is 1. The van der Waals surface area contributed by atoms with Crippen LogP contribution in [0, 0.1) is 0 Å². The number of amides is 2. The van der Waals surface area contributed by atoms with Crippen LogP contribution in [0.25, 0.3) is 0 Å². The molecule has 1 saturated heterocycles. The van der Waals surface area contributed by atoms with E-state index in [1.165, 1.54) is 5.56 Å². The average Bonchev–Trinajstić information content (AvgIpc) is 3.17. The Morgan fingerprint density at radius 3 is 2.56 bits per heavy atom. The van der Waals surface area contributed by atoms with Crippen LogP contribution < -0.4 is 14.8 Å². The van der Waals surface area contributed by atoms with Gasteiger partial charge in [0.1, 0.15) is 0 Å². The summed E-state index contributed by atoms with van der Waals surface area (Å²) in [7, 11) is 0. The highest BCUT2D eigenvalue weighted by Crippen LogP contribution is 2.34. The van der Waals surface area contributed by atoms with Crippen molar-refractivity contribution in [1.29, 1.82) is 0 Å². The van der Waals surface area contributed by atoms with E-state index >= 15 is 0 Å². The first-order chi connectivity index (χ1) is 13.3. The maximum atomic E-state index is 12.5. The van der Waals surface area contributed by atoms with Crippen molar-refractivity contribution in [2.24, 2.45) is 0 Å². The second kappa shape index (κ2) is 8.31. The smallest absolute Gasteiger partial charge is 0.321 e. The van der Waals surface area contributed by atoms with Crippen molar-refractivity contribution in [2.45, 2.75) is 12.8 Å². The van der Waals surface area contributed by atoms with E-state index in [-0.39, 0.29) is 12.8 Å². The molecule has 6 nitrogen and oxygen atoms in total. The first-order valence-corrected chi connectivity index (χ1v) is 9.50. The molecule has 0 unspecified atom stereocenters. The van der Waals surface area contributed by atoms with Gasteiger partial charge in [0.2, 0.25) is 6.79 Å². The second-order valence-electron chi connectivity index (χ2n) is 6.92. The molecule has 2 aliphatic heterocycles. The van der Waals surface area contributed by atoms with E-state index in [1.807, 2.05) is 17.0 Å². The number of carbonyl (C=O) groups is 1. The Morgan fingerprint density at radius 1 is 0.963 bits per heavy atom. The van der Waals surface area contributed by atoms with Gasteiger partial charge in [-0.3, -0.25) is 4.90 Å². The third-order valence-corrected chi connectivity index (χ3v) is 5.07. The molecule has 2 heterocycles. The van der Waals surface area contributed by atoms with Crippen LogP contribution in [0.15, 0.2) is 48.5 Å². The van der Waals surface area contributed by atoms with E-state index in [9.17, 15) is 4.79 Å². The summed E-state index contributed by atoms with van der Waals surface area (Å²) < 4.78 is 10.7. The number of nitrogens with zero attached hydrogens (tertiary/aromatic N) is 2. The predicted molar refractivity (Wildman–Crippen MR) is 104 cm³/mol. The minimum Gasteiger partial charge on any atom is -0.454 e. The molecule has 0 radical (unpaired) electrons. The Hall–Kier alpha value is -2.73. The molecule has 1 fully saturated rings. The van der Waals surface area contributed by atoms with Gasteiger partial charge in [0.25, 0.3) is 0 Å². The Labute approximate surface area is 159 Å². The van der Waals surface area contributed by atoms with Gasteiger partial charge in [-0.25, -0.2) is 4.79 Å². The van der Waals surface area contributed by atoms with E-state index in [4.69, 9.17) is 9.47 Å². The van der Waals surface area contributed by atoms with Crippen LogP contribution in [-0.2, 0) is 6.42 Å². The van der Waals surface area contributed by atoms with Crippen LogP contribution in [0.2, 0.25) is 0 Å². The van der Waals surface area contributed by atoms with E-state index in [0.29, 0.717) is 5.75 Å². The summed E-state index contributed by atoms with van der Waals surface area (Å²) in [4.78, 5) is 16.8. The molecule has 0 bridgehead atoms. The number of hydrogen-bond acceptors (Lipinski definition) is 4. The highest BCUT2D eigenvalue weighted by atomic mass is 16.7. The average molecular weight is 367 g/mol. The molecule has 2 aliphatic rings. The maximum Gasteiger partial charge on any atom is 0.321 e. The zero-order chi connectivity index (χ0) is 18.5. The quantitative estimate of drug-likeness (QED) is 0.882. The molecule has 2 amide bonds. The first-order valence-electron chi connectivity index (χ1n) is 9.50. The highest BCUT2D eigenvalue weighted by Gasteiger charge is 2.21. The van der Waals surface area contributed by atoms with Crippen molar-refractivity contribution in [3.63, 3.8) is 0 Å². The second-order valence-corrected chi connectivity index (χ2v) is 6.92. The summed E-state index contributed by atoms with van der Waals surface area (Å²) in [6.45, 7) is 4.65. The number of nitrogens with one attached hydrogen (secondary N) is 1. The number of aryl methyl sites for hydroxylation is 1. The minimum atomic E-state index is -0.0576. The van der Waals surface area contributed by atoms with Crippen LogP contribution in [0.3, 0.4) is 0 Å². The molecule has 142 valence electrons. The summed E-state index contributed by atoms with van der Waals surface area (Å²) in [6.07, 6.45) is 2.25. The van der Waals surface area contributed by atoms with Gasteiger partial charge >= 0.3 is 6.03 Å². The molecule has 27 heavy (non-hydrogen) atoms. The largest absolute Gasteiger partial charge is 0.454 e. The zero-order valence-corrected chi connectivity index (χ0v) is 15.4. The molecule has 0 aromatic heterocycles. The van der Waals surface area contributed by atoms with Gasteiger partial charge < -0.3 is 19.7 Å². The topological polar surface area (TPSA) is 54.0 Å². The normalized spacial score (nSPS) is 16.4. The number of piperazine rings is 1. The van der Waals surface area contributed by atoms with Crippen LogP contribution in [0.1, 0.15) is 12.0 Å². The van der Waals surface area contributed by atoms with Crippen LogP contribution >= 0.6 is 0 Å². The fourth-order valence-corrected chi connectivity index (χ4v) is 3.50. The number of carbonyl (C=O) groups excluding carboxylic acids is 1. The molecule has 4 rings (SSSR count). The Balaban J connectivity index is 1.20. The zero-order valence-electron chi connectivity index (χ0n) is 15.4. The third-order valence-electron chi connectivity index (χ3n) is 5.07. The van der Waals surface area contributed by atoms with Crippen LogP contribution in [-0.4, -0.2) is 55.3 Å². The molecule has 6 heteroatoms. The van der Waals surface area contributed by atoms with Crippen molar-refractivity contribution in [1.82, 2.24) is 9.80 Å². The summed E-state index contributed by atoms with van der Waals surface area (Å²) >= 11 is 0. The molecular formula is C21H25N3O3. The summed E-state index contributed by atoms with van der Waals surface area (Å²) in [5.41, 5.74) is 2.12. The Morgan fingerprint density at radius 2 is 1.74 bits per heavy atom. The number of rotatable bonds is 5. The number of benzene rings is 2. The van der Waals surface area contributed by atoms with Gasteiger partial charge in [-0.05, 0) is 37.1 Å². The number of hydrogen-bond donors (Lipinski definition) is 1. The first kappa shape index (κ1) is 17.7. The van der Waals surface area contributed by atoms with Crippen molar-refractivity contribution in [2.75, 3.05) is 44.8 Å². The number of ether oxygens (including phenoxy) is 2. The minimum absolute atomic E-state index is 0.0576. The molecule has 0 aliphatic carbocycles. The molecule has 0 atom stereocenters. The fraction of sp³-hybridized carbons (Fsp3) is 0.381. The lowest BCUT2D eigenvalue weighted by atomic mass is 10.1. The van der Waals surface area contributed by atoms with Crippen LogP contribution in [0.5, 0.6) is 11.5 Å². The van der Waals surface area contributed by atoms with E-state index in [1.54, 1.807) is 6.07 Å². The lowest BCUT2D eigenvalue weighted by Crippen LogP contribution is -2.50. The van der Waals surface area contributed by atoms with Gasteiger partial charge in [-0.15, -0.1) is 0 Å².